The van der Waals surface area contributed by atoms with Gasteiger partial charge in [0.25, 0.3) is 0 Å². The maximum Gasteiger partial charge on any atom is 0.410 e. The molecule has 0 aliphatic carbocycles. The summed E-state index contributed by atoms with van der Waals surface area (Å²) in [6.45, 7) is 8.21. The average molecular weight is 259 g/mol. The fourth-order valence-electron chi connectivity index (χ4n) is 1.92. The van der Waals surface area contributed by atoms with E-state index < -0.39 is 5.60 Å². The highest BCUT2D eigenvalue weighted by molar-refractivity contribution is 5.68. The maximum absolute atomic E-state index is 11.8. The van der Waals surface area contributed by atoms with E-state index in [9.17, 15) is 4.79 Å². The number of carbonyl (C=O) groups is 1. The van der Waals surface area contributed by atoms with Crippen molar-refractivity contribution in [1.82, 2.24) is 4.90 Å². The Labute approximate surface area is 109 Å². The third kappa shape index (κ3) is 5.69. The topological polar surface area (TPSA) is 59.0 Å². The number of ether oxygens (including phenoxy) is 2. The van der Waals surface area contributed by atoms with Gasteiger partial charge in [0, 0.05) is 19.7 Å². The molecule has 5 heteroatoms. The minimum Gasteiger partial charge on any atom is -0.444 e. The monoisotopic (exact) mass is 259 g/mol. The summed E-state index contributed by atoms with van der Waals surface area (Å²) >= 11 is 0. The zero-order valence-corrected chi connectivity index (χ0v) is 11.6. The molecule has 0 bridgehead atoms. The molecule has 1 N–H and O–H groups in total. The van der Waals surface area contributed by atoms with E-state index in [-0.39, 0.29) is 12.7 Å². The van der Waals surface area contributed by atoms with Crippen molar-refractivity contribution in [1.29, 1.82) is 0 Å². The molecule has 0 spiro atoms. The molecule has 0 radical (unpaired) electrons. The average Bonchev–Trinajstić information content (AvgIpc) is 2.28. The Balaban J connectivity index is 2.24. The molecular weight excluding hydrogens is 234 g/mol. The summed E-state index contributed by atoms with van der Waals surface area (Å²) in [7, 11) is 0. The van der Waals surface area contributed by atoms with Crippen LogP contribution in [0.15, 0.2) is 0 Å². The first kappa shape index (κ1) is 15.2. The molecule has 1 amide bonds. The molecule has 0 atom stereocenters. The van der Waals surface area contributed by atoms with Crippen LogP contribution in [0.2, 0.25) is 0 Å². The molecule has 1 rings (SSSR count). The molecule has 0 unspecified atom stereocenters. The predicted octanol–water partition coefficient (Wildman–Crippen LogP) is 1.64. The van der Waals surface area contributed by atoms with Crippen LogP contribution in [-0.2, 0) is 9.47 Å². The highest BCUT2D eigenvalue weighted by Crippen LogP contribution is 2.19. The van der Waals surface area contributed by atoms with Crippen LogP contribution in [0.3, 0.4) is 0 Å². The van der Waals surface area contributed by atoms with Gasteiger partial charge in [-0.25, -0.2) is 4.79 Å². The summed E-state index contributed by atoms with van der Waals surface area (Å²) in [4.78, 5) is 13.6. The summed E-state index contributed by atoms with van der Waals surface area (Å²) in [6.07, 6.45) is 1.65. The van der Waals surface area contributed by atoms with E-state index in [0.29, 0.717) is 19.1 Å². The number of hydrogen-bond acceptors (Lipinski definition) is 4. The van der Waals surface area contributed by atoms with Crippen LogP contribution in [0.1, 0.15) is 33.6 Å². The number of nitrogens with zero attached hydrogens (tertiary/aromatic N) is 1. The van der Waals surface area contributed by atoms with Gasteiger partial charge < -0.3 is 19.5 Å². The van der Waals surface area contributed by atoms with Crippen molar-refractivity contribution in [3.05, 3.63) is 0 Å². The summed E-state index contributed by atoms with van der Waals surface area (Å²) < 4.78 is 10.6. The molecule has 1 fully saturated rings. The zero-order chi connectivity index (χ0) is 13.6. The number of aliphatic hydroxyl groups is 1. The molecule has 0 saturated carbocycles. The zero-order valence-electron chi connectivity index (χ0n) is 11.6. The first-order valence-corrected chi connectivity index (χ1v) is 6.59. The highest BCUT2D eigenvalue weighted by Gasteiger charge is 2.26. The lowest BCUT2D eigenvalue weighted by molar-refractivity contribution is 0.00947. The number of aliphatic hydroxyl groups excluding tert-OH is 1. The van der Waals surface area contributed by atoms with Gasteiger partial charge in [0.15, 0.2) is 0 Å². The standard InChI is InChI=1S/C13H25NO4/c1-13(2,3)18-12(16)14-6-4-11(5-7-14)10-17-9-8-15/h11,15H,4-10H2,1-3H3. The maximum atomic E-state index is 11.8. The van der Waals surface area contributed by atoms with Gasteiger partial charge in [-0.05, 0) is 39.5 Å². The highest BCUT2D eigenvalue weighted by atomic mass is 16.6. The molecule has 18 heavy (non-hydrogen) atoms. The van der Waals surface area contributed by atoms with Gasteiger partial charge in [0.1, 0.15) is 5.60 Å². The Morgan fingerprint density at radius 2 is 1.94 bits per heavy atom. The summed E-state index contributed by atoms with van der Waals surface area (Å²) in [6, 6.07) is 0. The summed E-state index contributed by atoms with van der Waals surface area (Å²) in [5.74, 6) is 0.482. The Morgan fingerprint density at radius 3 is 2.44 bits per heavy atom. The molecule has 1 heterocycles. The van der Waals surface area contributed by atoms with E-state index in [2.05, 4.69) is 0 Å². The van der Waals surface area contributed by atoms with E-state index in [1.165, 1.54) is 0 Å². The molecule has 0 aromatic heterocycles. The van der Waals surface area contributed by atoms with Crippen LogP contribution in [0.5, 0.6) is 0 Å². The van der Waals surface area contributed by atoms with Crippen LogP contribution in [0, 0.1) is 5.92 Å². The summed E-state index contributed by atoms with van der Waals surface area (Å²) in [5.41, 5.74) is -0.432. The smallest absolute Gasteiger partial charge is 0.410 e. The van der Waals surface area contributed by atoms with Gasteiger partial charge in [-0.3, -0.25) is 0 Å². The second kappa shape index (κ2) is 6.95. The lowest BCUT2D eigenvalue weighted by Gasteiger charge is -2.33. The van der Waals surface area contributed by atoms with Crippen LogP contribution < -0.4 is 0 Å². The lowest BCUT2D eigenvalue weighted by Crippen LogP contribution is -2.42. The third-order valence-electron chi connectivity index (χ3n) is 2.86. The summed E-state index contributed by atoms with van der Waals surface area (Å²) in [5, 5.41) is 8.62. The van der Waals surface area contributed by atoms with Gasteiger partial charge >= 0.3 is 6.09 Å². The lowest BCUT2D eigenvalue weighted by atomic mass is 9.98. The van der Waals surface area contributed by atoms with Crippen LogP contribution in [0.25, 0.3) is 0 Å². The largest absolute Gasteiger partial charge is 0.444 e. The normalized spacial score (nSPS) is 17.9. The van der Waals surface area contributed by atoms with E-state index in [0.717, 1.165) is 25.9 Å². The van der Waals surface area contributed by atoms with E-state index in [4.69, 9.17) is 14.6 Å². The number of piperidine rings is 1. The molecule has 1 aliphatic rings. The fourth-order valence-corrected chi connectivity index (χ4v) is 1.92. The van der Waals surface area contributed by atoms with Crippen molar-refractivity contribution in [2.45, 2.75) is 39.2 Å². The van der Waals surface area contributed by atoms with Crippen molar-refractivity contribution >= 4 is 6.09 Å². The molecule has 0 aromatic rings. The van der Waals surface area contributed by atoms with E-state index in [1.54, 1.807) is 4.90 Å². The fraction of sp³-hybridized carbons (Fsp3) is 0.923. The Kier molecular flexibility index (Phi) is 5.88. The van der Waals surface area contributed by atoms with Crippen LogP contribution in [-0.4, -0.2) is 54.6 Å². The van der Waals surface area contributed by atoms with Crippen molar-refractivity contribution in [3.63, 3.8) is 0 Å². The second-order valence-corrected chi connectivity index (χ2v) is 5.71. The van der Waals surface area contributed by atoms with Crippen molar-refractivity contribution in [2.75, 3.05) is 32.9 Å². The Morgan fingerprint density at radius 1 is 1.33 bits per heavy atom. The molecule has 1 aliphatic heterocycles. The molecular formula is C13H25NO4. The second-order valence-electron chi connectivity index (χ2n) is 5.71. The van der Waals surface area contributed by atoms with Gasteiger partial charge in [-0.1, -0.05) is 0 Å². The number of rotatable bonds is 4. The third-order valence-corrected chi connectivity index (χ3v) is 2.86. The van der Waals surface area contributed by atoms with Gasteiger partial charge in [-0.2, -0.15) is 0 Å². The minimum absolute atomic E-state index is 0.0662. The van der Waals surface area contributed by atoms with Gasteiger partial charge in [-0.15, -0.1) is 0 Å². The van der Waals surface area contributed by atoms with Crippen molar-refractivity contribution in [3.8, 4) is 0 Å². The number of hydrogen-bond donors (Lipinski definition) is 1. The van der Waals surface area contributed by atoms with Crippen LogP contribution in [0.4, 0.5) is 4.79 Å². The molecule has 0 aromatic carbocycles. The number of likely N-dealkylation sites (tertiary alicyclic amines) is 1. The van der Waals surface area contributed by atoms with E-state index >= 15 is 0 Å². The van der Waals surface area contributed by atoms with Gasteiger partial charge in [0.05, 0.1) is 13.2 Å². The van der Waals surface area contributed by atoms with Crippen LogP contribution >= 0.6 is 0 Å². The minimum atomic E-state index is -0.432. The molecule has 1 saturated heterocycles. The molecule has 5 nitrogen and oxygen atoms in total. The predicted molar refractivity (Wildman–Crippen MR) is 68.4 cm³/mol. The first-order valence-electron chi connectivity index (χ1n) is 6.59. The van der Waals surface area contributed by atoms with Crippen molar-refractivity contribution < 1.29 is 19.4 Å². The quantitative estimate of drug-likeness (QED) is 0.780. The SMILES string of the molecule is CC(C)(C)OC(=O)N1CCC(COCCO)CC1. The van der Waals surface area contributed by atoms with E-state index in [1.807, 2.05) is 20.8 Å². The molecule has 106 valence electrons. The number of amides is 1. The first-order chi connectivity index (χ1) is 8.42. The van der Waals surface area contributed by atoms with Crippen molar-refractivity contribution in [2.24, 2.45) is 5.92 Å². The van der Waals surface area contributed by atoms with Gasteiger partial charge in [0.2, 0.25) is 0 Å². The number of carbonyl (C=O) groups excluding carboxylic acids is 1. The Hall–Kier alpha value is -0.810. The Bertz CT molecular complexity index is 254.